The summed E-state index contributed by atoms with van der Waals surface area (Å²) in [5.41, 5.74) is 4.83. The van der Waals surface area contributed by atoms with Gasteiger partial charge in [-0.1, -0.05) is 73.4 Å². The molecule has 0 radical (unpaired) electrons. The van der Waals surface area contributed by atoms with Crippen LogP contribution < -0.4 is 14.8 Å². The lowest BCUT2D eigenvalue weighted by Gasteiger charge is -2.40. The second-order valence-electron chi connectivity index (χ2n) is 11.0. The van der Waals surface area contributed by atoms with E-state index in [1.54, 1.807) is 12.1 Å². The summed E-state index contributed by atoms with van der Waals surface area (Å²) in [6.07, 6.45) is 1.26. The highest BCUT2D eigenvalue weighted by Crippen LogP contribution is 2.52. The molecule has 0 bridgehead atoms. The van der Waals surface area contributed by atoms with Crippen molar-refractivity contribution in [3.63, 3.8) is 0 Å². The number of carbonyl (C=O) groups is 2. The molecule has 4 aromatic carbocycles. The van der Waals surface area contributed by atoms with Crippen LogP contribution in [-0.4, -0.2) is 18.9 Å². The zero-order valence-corrected chi connectivity index (χ0v) is 23.8. The van der Waals surface area contributed by atoms with Crippen LogP contribution in [-0.2, 0) is 4.79 Å². The standard InChI is InChI=1S/C33H27Cl2NO4/c1-33(2)16-23-29-21-7-5-4-6-18(21)8-12-25(29)36-31(30(23)26(37)17-33)19-9-13-27(28(14-19)39-3)40-32(38)22-11-10-20(34)15-24(22)35/h4-15,31,36H,16-17H2,1-3H3/t31-/m1/s1. The van der Waals surface area contributed by atoms with Crippen molar-refractivity contribution in [3.8, 4) is 11.5 Å². The summed E-state index contributed by atoms with van der Waals surface area (Å²) in [4.78, 5) is 26.6. The van der Waals surface area contributed by atoms with E-state index in [0.29, 0.717) is 17.2 Å². The number of allylic oxidation sites excluding steroid dienone is 1. The number of rotatable bonds is 4. The Bertz CT molecular complexity index is 1740. The van der Waals surface area contributed by atoms with Crippen LogP contribution in [0, 0.1) is 5.41 Å². The number of anilines is 1. The first kappa shape index (κ1) is 26.4. The number of ketones is 1. The Labute approximate surface area is 242 Å². The Hall–Kier alpha value is -3.80. The third kappa shape index (κ3) is 4.63. The number of benzene rings is 4. The van der Waals surface area contributed by atoms with E-state index in [4.69, 9.17) is 32.7 Å². The molecule has 6 rings (SSSR count). The van der Waals surface area contributed by atoms with Gasteiger partial charge in [0.1, 0.15) is 0 Å². The molecule has 0 amide bonds. The van der Waals surface area contributed by atoms with Gasteiger partial charge in [-0.25, -0.2) is 4.79 Å². The Morgan fingerprint density at radius 3 is 2.52 bits per heavy atom. The maximum absolute atomic E-state index is 13.7. The molecule has 1 N–H and O–H groups in total. The first-order valence-electron chi connectivity index (χ1n) is 13.1. The largest absolute Gasteiger partial charge is 0.493 e. The molecule has 40 heavy (non-hydrogen) atoms. The summed E-state index contributed by atoms with van der Waals surface area (Å²) in [6.45, 7) is 4.30. The molecule has 0 unspecified atom stereocenters. The number of carbonyl (C=O) groups excluding carboxylic acids is 2. The number of halogens is 2. The molecule has 0 fully saturated rings. The number of hydrogen-bond donors (Lipinski definition) is 1. The van der Waals surface area contributed by atoms with E-state index in [1.807, 2.05) is 24.3 Å². The lowest BCUT2D eigenvalue weighted by atomic mass is 9.68. The molecular weight excluding hydrogens is 545 g/mol. The molecule has 2 aliphatic rings. The van der Waals surface area contributed by atoms with E-state index in [0.717, 1.165) is 45.2 Å². The van der Waals surface area contributed by atoms with E-state index in [2.05, 4.69) is 43.4 Å². The van der Waals surface area contributed by atoms with Crippen LogP contribution in [0.1, 0.15) is 54.2 Å². The zero-order chi connectivity index (χ0) is 28.2. The van der Waals surface area contributed by atoms with Crippen LogP contribution >= 0.6 is 23.2 Å². The van der Waals surface area contributed by atoms with Crippen LogP contribution in [0.2, 0.25) is 10.0 Å². The number of hydrogen-bond acceptors (Lipinski definition) is 5. The predicted octanol–water partition coefficient (Wildman–Crippen LogP) is 8.68. The molecule has 5 nitrogen and oxygen atoms in total. The number of methoxy groups -OCH3 is 1. The van der Waals surface area contributed by atoms with Gasteiger partial charge in [-0.2, -0.15) is 0 Å². The van der Waals surface area contributed by atoms with Gasteiger partial charge in [0.15, 0.2) is 17.3 Å². The predicted molar refractivity (Wildman–Crippen MR) is 160 cm³/mol. The van der Waals surface area contributed by atoms with E-state index in [1.165, 1.54) is 19.2 Å². The van der Waals surface area contributed by atoms with Crippen molar-refractivity contribution in [3.05, 3.63) is 105 Å². The van der Waals surface area contributed by atoms with Crippen LogP contribution in [0.4, 0.5) is 5.69 Å². The zero-order valence-electron chi connectivity index (χ0n) is 22.3. The van der Waals surface area contributed by atoms with Crippen molar-refractivity contribution < 1.29 is 19.1 Å². The van der Waals surface area contributed by atoms with Gasteiger partial charge in [-0.05, 0) is 70.1 Å². The minimum absolute atomic E-state index is 0.134. The number of ether oxygens (including phenoxy) is 2. The summed E-state index contributed by atoms with van der Waals surface area (Å²) in [5, 5.41) is 6.53. The fraction of sp³-hybridized carbons (Fsp3) is 0.212. The van der Waals surface area contributed by atoms with Crippen molar-refractivity contribution in [2.24, 2.45) is 5.41 Å². The fourth-order valence-electron chi connectivity index (χ4n) is 5.85. The molecule has 4 aromatic rings. The van der Waals surface area contributed by atoms with Gasteiger partial charge < -0.3 is 14.8 Å². The van der Waals surface area contributed by atoms with Crippen LogP contribution in [0.3, 0.4) is 0 Å². The topological polar surface area (TPSA) is 64.6 Å². The lowest BCUT2D eigenvalue weighted by Crippen LogP contribution is -2.33. The molecule has 0 saturated heterocycles. The van der Waals surface area contributed by atoms with Crippen molar-refractivity contribution in [1.82, 2.24) is 0 Å². The van der Waals surface area contributed by atoms with Gasteiger partial charge in [0.2, 0.25) is 0 Å². The summed E-state index contributed by atoms with van der Waals surface area (Å²) in [5.74, 6) is 0.121. The third-order valence-electron chi connectivity index (χ3n) is 7.61. The molecule has 1 heterocycles. The summed E-state index contributed by atoms with van der Waals surface area (Å²) in [6, 6.07) is 22.0. The van der Waals surface area contributed by atoms with Gasteiger partial charge in [0, 0.05) is 28.3 Å². The summed E-state index contributed by atoms with van der Waals surface area (Å²) in [7, 11) is 1.51. The summed E-state index contributed by atoms with van der Waals surface area (Å²) >= 11 is 12.2. The maximum atomic E-state index is 13.7. The van der Waals surface area contributed by atoms with Crippen LogP contribution in [0.25, 0.3) is 16.3 Å². The number of Topliss-reactive ketones (excluding diaryl/α,β-unsaturated/α-hetero) is 1. The van der Waals surface area contributed by atoms with Gasteiger partial charge in [0.05, 0.1) is 23.7 Å². The van der Waals surface area contributed by atoms with Crippen molar-refractivity contribution >= 4 is 57.0 Å². The average molecular weight is 572 g/mol. The van der Waals surface area contributed by atoms with Crippen LogP contribution in [0.5, 0.6) is 11.5 Å². The second kappa shape index (κ2) is 9.99. The molecule has 0 spiro atoms. The Morgan fingerprint density at radius 1 is 0.950 bits per heavy atom. The van der Waals surface area contributed by atoms with Gasteiger partial charge >= 0.3 is 5.97 Å². The maximum Gasteiger partial charge on any atom is 0.345 e. The van der Waals surface area contributed by atoms with Gasteiger partial charge in [-0.15, -0.1) is 0 Å². The second-order valence-corrected chi connectivity index (χ2v) is 11.9. The number of fused-ring (bicyclic) bond motifs is 4. The molecule has 1 aliphatic carbocycles. The molecule has 1 atom stereocenters. The molecule has 7 heteroatoms. The smallest absolute Gasteiger partial charge is 0.345 e. The van der Waals surface area contributed by atoms with Crippen LogP contribution in [0.15, 0.2) is 78.4 Å². The highest BCUT2D eigenvalue weighted by atomic mass is 35.5. The first-order chi connectivity index (χ1) is 19.1. The number of esters is 1. The van der Waals surface area contributed by atoms with Crippen molar-refractivity contribution in [2.75, 3.05) is 12.4 Å². The molecular formula is C33H27Cl2NO4. The van der Waals surface area contributed by atoms with E-state index in [9.17, 15) is 9.59 Å². The highest BCUT2D eigenvalue weighted by molar-refractivity contribution is 6.36. The quantitative estimate of drug-likeness (QED) is 0.196. The van der Waals surface area contributed by atoms with E-state index in [-0.39, 0.29) is 33.6 Å². The van der Waals surface area contributed by atoms with Crippen molar-refractivity contribution in [1.29, 1.82) is 0 Å². The van der Waals surface area contributed by atoms with Crippen molar-refractivity contribution in [2.45, 2.75) is 32.7 Å². The highest BCUT2D eigenvalue weighted by Gasteiger charge is 2.41. The Kier molecular flexibility index (Phi) is 6.60. The SMILES string of the molecule is COc1cc([C@H]2Nc3ccc4ccccc4c3C3=C2C(=O)CC(C)(C)C3)ccc1OC(=O)c1ccc(Cl)cc1Cl. The van der Waals surface area contributed by atoms with E-state index >= 15 is 0 Å². The minimum Gasteiger partial charge on any atom is -0.493 e. The minimum atomic E-state index is -0.626. The molecule has 0 saturated carbocycles. The average Bonchev–Trinajstić information content (AvgIpc) is 2.91. The molecule has 202 valence electrons. The third-order valence-corrected chi connectivity index (χ3v) is 8.16. The molecule has 0 aromatic heterocycles. The monoisotopic (exact) mass is 571 g/mol. The fourth-order valence-corrected chi connectivity index (χ4v) is 6.33. The normalized spacial score (nSPS) is 17.6. The van der Waals surface area contributed by atoms with Gasteiger partial charge in [-0.3, -0.25) is 4.79 Å². The Morgan fingerprint density at radius 2 is 1.75 bits per heavy atom. The van der Waals surface area contributed by atoms with E-state index < -0.39 is 5.97 Å². The number of nitrogens with one attached hydrogen (secondary N) is 1. The lowest BCUT2D eigenvalue weighted by molar-refractivity contribution is -0.118. The Balaban J connectivity index is 1.42. The first-order valence-corrected chi connectivity index (χ1v) is 13.8. The summed E-state index contributed by atoms with van der Waals surface area (Å²) < 4.78 is 11.3. The van der Waals surface area contributed by atoms with Gasteiger partial charge in [0.25, 0.3) is 0 Å². The molecule has 1 aliphatic heterocycles.